The van der Waals surface area contributed by atoms with Gasteiger partial charge in [-0.1, -0.05) is 19.8 Å². The van der Waals surface area contributed by atoms with Crippen LogP contribution in [0.25, 0.3) is 0 Å². The van der Waals surface area contributed by atoms with Crippen molar-refractivity contribution in [3.05, 3.63) is 23.8 Å². The number of hydrogen-bond acceptors (Lipinski definition) is 4. The fourth-order valence-electron chi connectivity index (χ4n) is 2.92. The molecule has 0 radical (unpaired) electrons. The van der Waals surface area contributed by atoms with E-state index in [0.29, 0.717) is 29.6 Å². The highest BCUT2D eigenvalue weighted by molar-refractivity contribution is 5.76. The summed E-state index contributed by atoms with van der Waals surface area (Å²) in [6, 6.07) is 5.27. The zero-order valence-corrected chi connectivity index (χ0v) is 13.7. The first-order valence-electron chi connectivity index (χ1n) is 8.21. The summed E-state index contributed by atoms with van der Waals surface area (Å²) in [7, 11) is 1.59. The van der Waals surface area contributed by atoms with Gasteiger partial charge in [-0.15, -0.1) is 0 Å². The van der Waals surface area contributed by atoms with E-state index in [-0.39, 0.29) is 0 Å². The highest BCUT2D eigenvalue weighted by Gasteiger charge is 2.14. The molecule has 2 rings (SSSR count). The monoisotopic (exact) mass is 305 g/mol. The predicted molar refractivity (Wildman–Crippen MR) is 87.9 cm³/mol. The minimum atomic E-state index is 0.466. The molecule has 0 aliphatic carbocycles. The zero-order valence-electron chi connectivity index (χ0n) is 13.7. The number of carbonyl (C=O) groups is 1. The zero-order chi connectivity index (χ0) is 15.8. The minimum absolute atomic E-state index is 0.466. The quantitative estimate of drug-likeness (QED) is 0.724. The van der Waals surface area contributed by atoms with Crippen molar-refractivity contribution in [2.45, 2.75) is 32.6 Å². The molecule has 1 unspecified atom stereocenters. The molecule has 1 fully saturated rings. The van der Waals surface area contributed by atoms with Crippen LogP contribution >= 0.6 is 0 Å². The third-order valence-corrected chi connectivity index (χ3v) is 4.12. The first-order chi connectivity index (χ1) is 10.7. The van der Waals surface area contributed by atoms with Crippen LogP contribution in [-0.2, 0) is 0 Å². The van der Waals surface area contributed by atoms with Gasteiger partial charge in [-0.3, -0.25) is 4.79 Å². The lowest BCUT2D eigenvalue weighted by molar-refractivity contribution is 0.112. The summed E-state index contributed by atoms with van der Waals surface area (Å²) in [4.78, 5) is 13.3. The van der Waals surface area contributed by atoms with Gasteiger partial charge in [0, 0.05) is 18.0 Å². The number of carbonyl (C=O) groups excluding carboxylic acids is 1. The molecule has 0 bridgehead atoms. The van der Waals surface area contributed by atoms with Crippen molar-refractivity contribution in [3.63, 3.8) is 0 Å². The molecule has 0 saturated carbocycles. The largest absolute Gasteiger partial charge is 0.493 e. The number of benzene rings is 1. The van der Waals surface area contributed by atoms with Gasteiger partial charge < -0.3 is 14.4 Å². The molecule has 1 aliphatic rings. The molecule has 0 amide bonds. The van der Waals surface area contributed by atoms with Crippen LogP contribution < -0.4 is 9.47 Å². The highest BCUT2D eigenvalue weighted by Crippen LogP contribution is 2.28. The Morgan fingerprint density at radius 3 is 2.55 bits per heavy atom. The van der Waals surface area contributed by atoms with Gasteiger partial charge in [0.1, 0.15) is 6.29 Å². The smallest absolute Gasteiger partial charge is 0.161 e. The van der Waals surface area contributed by atoms with E-state index in [2.05, 4.69) is 11.8 Å². The molecule has 1 saturated heterocycles. The van der Waals surface area contributed by atoms with Gasteiger partial charge in [-0.2, -0.15) is 0 Å². The maximum absolute atomic E-state index is 10.8. The molecule has 0 spiro atoms. The summed E-state index contributed by atoms with van der Waals surface area (Å²) in [6.45, 7) is 6.38. The van der Waals surface area contributed by atoms with E-state index >= 15 is 0 Å². The lowest BCUT2D eigenvalue weighted by Crippen LogP contribution is -2.31. The molecule has 1 aromatic rings. The van der Waals surface area contributed by atoms with E-state index in [1.807, 2.05) is 0 Å². The molecule has 1 atom stereocenters. The van der Waals surface area contributed by atoms with Gasteiger partial charge in [-0.25, -0.2) is 0 Å². The van der Waals surface area contributed by atoms with Crippen LogP contribution in [0, 0.1) is 5.92 Å². The Kier molecular flexibility index (Phi) is 6.72. The molecule has 1 aliphatic heterocycles. The lowest BCUT2D eigenvalue weighted by atomic mass is 10.1. The molecule has 4 heteroatoms. The van der Waals surface area contributed by atoms with Crippen LogP contribution in [-0.4, -0.2) is 44.5 Å². The topological polar surface area (TPSA) is 38.8 Å². The molecule has 22 heavy (non-hydrogen) atoms. The second-order valence-corrected chi connectivity index (χ2v) is 6.16. The van der Waals surface area contributed by atoms with Crippen molar-refractivity contribution in [2.75, 3.05) is 33.4 Å². The van der Waals surface area contributed by atoms with Crippen molar-refractivity contribution >= 4 is 6.29 Å². The third kappa shape index (κ3) is 5.02. The summed E-state index contributed by atoms with van der Waals surface area (Å²) in [5, 5.41) is 0. The van der Waals surface area contributed by atoms with Gasteiger partial charge in [0.2, 0.25) is 0 Å². The second-order valence-electron chi connectivity index (χ2n) is 6.16. The molecule has 4 nitrogen and oxygen atoms in total. The first-order valence-corrected chi connectivity index (χ1v) is 8.21. The fraction of sp³-hybridized carbons (Fsp3) is 0.611. The van der Waals surface area contributed by atoms with Crippen LogP contribution in [0.3, 0.4) is 0 Å². The molecular formula is C18H27NO3. The van der Waals surface area contributed by atoms with Crippen molar-refractivity contribution in [1.82, 2.24) is 4.90 Å². The summed E-state index contributed by atoms with van der Waals surface area (Å²) in [5.41, 5.74) is 0.599. The van der Waals surface area contributed by atoms with Gasteiger partial charge in [0.25, 0.3) is 0 Å². The minimum Gasteiger partial charge on any atom is -0.493 e. The Hall–Kier alpha value is -1.55. The van der Waals surface area contributed by atoms with Crippen molar-refractivity contribution in [2.24, 2.45) is 5.92 Å². The summed E-state index contributed by atoms with van der Waals surface area (Å²) in [6.07, 6.45) is 6.17. The fourth-order valence-corrected chi connectivity index (χ4v) is 2.92. The van der Waals surface area contributed by atoms with Crippen molar-refractivity contribution in [1.29, 1.82) is 0 Å². The second kappa shape index (κ2) is 8.79. The van der Waals surface area contributed by atoms with E-state index < -0.39 is 0 Å². The normalized spacial score (nSPS) is 17.5. The standard InChI is InChI=1S/C18H27NO3/c1-15(12-19-9-5-3-4-6-10-19)14-22-17-8-7-16(13-20)11-18(17)21-2/h7-8,11,13,15H,3-6,9-10,12,14H2,1-2H3. The number of nitrogens with zero attached hydrogens (tertiary/aromatic N) is 1. The first kappa shape index (κ1) is 16.8. The van der Waals surface area contributed by atoms with Gasteiger partial charge in [0.15, 0.2) is 11.5 Å². The Morgan fingerprint density at radius 2 is 1.91 bits per heavy atom. The number of ether oxygens (including phenoxy) is 2. The van der Waals surface area contributed by atoms with Gasteiger partial charge in [0.05, 0.1) is 13.7 Å². The summed E-state index contributed by atoms with van der Waals surface area (Å²) < 4.78 is 11.2. The summed E-state index contributed by atoms with van der Waals surface area (Å²) in [5.74, 6) is 1.79. The van der Waals surface area contributed by atoms with Gasteiger partial charge >= 0.3 is 0 Å². The average Bonchev–Trinajstić information content (AvgIpc) is 2.81. The Morgan fingerprint density at radius 1 is 1.18 bits per heavy atom. The highest BCUT2D eigenvalue weighted by atomic mass is 16.5. The maximum Gasteiger partial charge on any atom is 0.161 e. The average molecular weight is 305 g/mol. The van der Waals surface area contributed by atoms with E-state index in [4.69, 9.17) is 9.47 Å². The van der Waals surface area contributed by atoms with Crippen molar-refractivity contribution in [3.8, 4) is 11.5 Å². The van der Waals surface area contributed by atoms with Crippen molar-refractivity contribution < 1.29 is 14.3 Å². The number of likely N-dealkylation sites (tertiary alicyclic amines) is 1. The predicted octanol–water partition coefficient (Wildman–Crippen LogP) is 3.40. The molecule has 1 heterocycles. The molecule has 1 aromatic carbocycles. The Bertz CT molecular complexity index is 467. The van der Waals surface area contributed by atoms with E-state index in [0.717, 1.165) is 12.8 Å². The Balaban J connectivity index is 1.84. The molecule has 0 aromatic heterocycles. The molecule has 0 N–H and O–H groups in total. The van der Waals surface area contributed by atoms with Crippen LogP contribution in [0.4, 0.5) is 0 Å². The number of rotatable bonds is 7. The van der Waals surface area contributed by atoms with Crippen LogP contribution in [0.5, 0.6) is 11.5 Å². The van der Waals surface area contributed by atoms with Crippen LogP contribution in [0.15, 0.2) is 18.2 Å². The SMILES string of the molecule is COc1cc(C=O)ccc1OCC(C)CN1CCCCCC1. The van der Waals surface area contributed by atoms with E-state index in [1.54, 1.807) is 25.3 Å². The maximum atomic E-state index is 10.8. The number of hydrogen-bond donors (Lipinski definition) is 0. The van der Waals surface area contributed by atoms with Crippen LogP contribution in [0.2, 0.25) is 0 Å². The van der Waals surface area contributed by atoms with Crippen LogP contribution in [0.1, 0.15) is 43.0 Å². The van der Waals surface area contributed by atoms with Gasteiger partial charge in [-0.05, 0) is 44.1 Å². The third-order valence-electron chi connectivity index (χ3n) is 4.12. The summed E-state index contributed by atoms with van der Waals surface area (Å²) >= 11 is 0. The number of aldehydes is 1. The Labute approximate surface area is 133 Å². The molecular weight excluding hydrogens is 278 g/mol. The lowest BCUT2D eigenvalue weighted by Gasteiger charge is -2.24. The van der Waals surface area contributed by atoms with E-state index in [1.165, 1.54) is 38.8 Å². The van der Waals surface area contributed by atoms with E-state index in [9.17, 15) is 4.79 Å². The number of methoxy groups -OCH3 is 1. The molecule has 122 valence electrons.